The standard InChI is InChI=1S/C27H37N3O5S/c1-19-16-30(20(2)18-31)36(33,34)26-12-11-22(23-10-7-13-28-15-23)14-24(26)35-25(19)17-29(3)27(32)21-8-5-4-6-9-21/h7,10-15,19-21,25,31H,4-6,8-9,16-18H2,1-3H3/t19-,20-,25+/m1/s1. The molecule has 2 heterocycles. The fourth-order valence-corrected chi connectivity index (χ4v) is 7.00. The van der Waals surface area contributed by atoms with Gasteiger partial charge in [0.15, 0.2) is 0 Å². The summed E-state index contributed by atoms with van der Waals surface area (Å²) in [6.45, 7) is 3.88. The maximum absolute atomic E-state index is 13.7. The van der Waals surface area contributed by atoms with Crippen LogP contribution in [0, 0.1) is 11.8 Å². The van der Waals surface area contributed by atoms with Crippen LogP contribution >= 0.6 is 0 Å². The second-order valence-corrected chi connectivity index (χ2v) is 12.1. The fourth-order valence-electron chi connectivity index (χ4n) is 5.18. The van der Waals surface area contributed by atoms with Crippen molar-refractivity contribution in [1.29, 1.82) is 0 Å². The Morgan fingerprint density at radius 1 is 1.22 bits per heavy atom. The number of likely N-dealkylation sites (N-methyl/N-ethyl adjacent to an activating group) is 1. The number of hydrogen-bond acceptors (Lipinski definition) is 6. The Kier molecular flexibility index (Phi) is 8.32. The third-order valence-electron chi connectivity index (χ3n) is 7.45. The molecule has 0 radical (unpaired) electrons. The van der Waals surface area contributed by atoms with Crippen LogP contribution in [0.15, 0.2) is 47.6 Å². The Morgan fingerprint density at radius 3 is 2.64 bits per heavy atom. The lowest BCUT2D eigenvalue weighted by molar-refractivity contribution is -0.136. The van der Waals surface area contributed by atoms with Gasteiger partial charge >= 0.3 is 0 Å². The highest BCUT2D eigenvalue weighted by Gasteiger charge is 2.39. The van der Waals surface area contributed by atoms with Crippen LogP contribution < -0.4 is 4.74 Å². The minimum Gasteiger partial charge on any atom is -0.487 e. The van der Waals surface area contributed by atoms with E-state index >= 15 is 0 Å². The maximum atomic E-state index is 13.7. The number of fused-ring (bicyclic) bond motifs is 1. The summed E-state index contributed by atoms with van der Waals surface area (Å²) >= 11 is 0. The largest absolute Gasteiger partial charge is 0.487 e. The average molecular weight is 516 g/mol. The number of pyridine rings is 1. The van der Waals surface area contributed by atoms with Gasteiger partial charge in [0.05, 0.1) is 13.2 Å². The lowest BCUT2D eigenvalue weighted by Crippen LogP contribution is -2.50. The first-order valence-corrected chi connectivity index (χ1v) is 14.2. The molecule has 2 aliphatic rings. The highest BCUT2D eigenvalue weighted by Crippen LogP contribution is 2.36. The van der Waals surface area contributed by atoms with E-state index in [1.54, 1.807) is 42.4 Å². The molecule has 8 nitrogen and oxygen atoms in total. The predicted octanol–water partition coefficient (Wildman–Crippen LogP) is 3.56. The lowest BCUT2D eigenvalue weighted by Gasteiger charge is -2.38. The van der Waals surface area contributed by atoms with Crippen molar-refractivity contribution in [2.24, 2.45) is 11.8 Å². The van der Waals surface area contributed by atoms with Gasteiger partial charge in [-0.05, 0) is 43.5 Å². The lowest BCUT2D eigenvalue weighted by atomic mass is 9.88. The van der Waals surface area contributed by atoms with Crippen molar-refractivity contribution in [1.82, 2.24) is 14.2 Å². The van der Waals surface area contributed by atoms with Crippen LogP contribution in [0.3, 0.4) is 0 Å². The van der Waals surface area contributed by atoms with E-state index in [2.05, 4.69) is 4.98 Å². The zero-order valence-electron chi connectivity index (χ0n) is 21.3. The Labute approximate surface area is 214 Å². The Morgan fingerprint density at radius 2 is 1.97 bits per heavy atom. The molecular formula is C27H37N3O5S. The van der Waals surface area contributed by atoms with Crippen LogP contribution in [0.1, 0.15) is 46.0 Å². The molecule has 1 N–H and O–H groups in total. The van der Waals surface area contributed by atoms with Gasteiger partial charge in [0, 0.05) is 49.4 Å². The third kappa shape index (κ3) is 5.58. The summed E-state index contributed by atoms with van der Waals surface area (Å²) in [6, 6.07) is 8.18. The van der Waals surface area contributed by atoms with Crippen molar-refractivity contribution in [3.8, 4) is 16.9 Å². The average Bonchev–Trinajstić information content (AvgIpc) is 2.90. The molecule has 1 aromatic heterocycles. The van der Waals surface area contributed by atoms with E-state index in [0.717, 1.165) is 36.8 Å². The molecule has 3 atom stereocenters. The minimum absolute atomic E-state index is 0.0448. The maximum Gasteiger partial charge on any atom is 0.247 e. The molecule has 1 aromatic carbocycles. The topological polar surface area (TPSA) is 100 Å². The molecule has 0 unspecified atom stereocenters. The highest BCUT2D eigenvalue weighted by molar-refractivity contribution is 7.89. The van der Waals surface area contributed by atoms with Crippen LogP contribution in [0.5, 0.6) is 5.75 Å². The first kappa shape index (κ1) is 26.6. The summed E-state index contributed by atoms with van der Waals surface area (Å²) in [7, 11) is -2.11. The number of amides is 1. The number of benzene rings is 1. The van der Waals surface area contributed by atoms with Crippen LogP contribution in [-0.2, 0) is 14.8 Å². The third-order valence-corrected chi connectivity index (χ3v) is 9.47. The number of carbonyl (C=O) groups excluding carboxylic acids is 1. The van der Waals surface area contributed by atoms with E-state index in [9.17, 15) is 18.3 Å². The van der Waals surface area contributed by atoms with Crippen molar-refractivity contribution in [3.05, 3.63) is 42.7 Å². The van der Waals surface area contributed by atoms with E-state index in [1.165, 1.54) is 10.7 Å². The number of hydrogen-bond donors (Lipinski definition) is 1. The van der Waals surface area contributed by atoms with E-state index < -0.39 is 22.2 Å². The summed E-state index contributed by atoms with van der Waals surface area (Å²) < 4.78 is 35.1. The molecular weight excluding hydrogens is 478 g/mol. The van der Waals surface area contributed by atoms with Crippen molar-refractivity contribution in [2.75, 3.05) is 26.7 Å². The summed E-state index contributed by atoms with van der Waals surface area (Å²) in [6.07, 6.45) is 8.16. The number of ether oxygens (including phenoxy) is 1. The number of aromatic nitrogens is 1. The minimum atomic E-state index is -3.92. The molecule has 0 bridgehead atoms. The quantitative estimate of drug-likeness (QED) is 0.632. The molecule has 2 aromatic rings. The predicted molar refractivity (Wildman–Crippen MR) is 138 cm³/mol. The molecule has 1 amide bonds. The van der Waals surface area contributed by atoms with Crippen LogP contribution in [-0.4, -0.2) is 72.5 Å². The summed E-state index contributed by atoms with van der Waals surface area (Å²) in [5, 5.41) is 9.84. The fraction of sp³-hybridized carbons (Fsp3) is 0.556. The molecule has 1 saturated carbocycles. The second kappa shape index (κ2) is 11.3. The molecule has 4 rings (SSSR count). The van der Waals surface area contributed by atoms with Crippen LogP contribution in [0.25, 0.3) is 11.1 Å². The number of sulfonamides is 1. The number of aliphatic hydroxyl groups is 1. The van der Waals surface area contributed by atoms with Gasteiger partial charge in [-0.1, -0.05) is 38.3 Å². The molecule has 1 fully saturated rings. The van der Waals surface area contributed by atoms with Gasteiger partial charge in [0.2, 0.25) is 15.9 Å². The first-order valence-electron chi connectivity index (χ1n) is 12.8. The number of aliphatic hydroxyl groups excluding tert-OH is 1. The Balaban J connectivity index is 1.70. The van der Waals surface area contributed by atoms with Gasteiger partial charge in [-0.2, -0.15) is 4.31 Å². The Hall–Kier alpha value is -2.49. The smallest absolute Gasteiger partial charge is 0.247 e. The van der Waals surface area contributed by atoms with Gasteiger partial charge in [-0.25, -0.2) is 8.42 Å². The molecule has 36 heavy (non-hydrogen) atoms. The van der Waals surface area contributed by atoms with Gasteiger partial charge in [-0.15, -0.1) is 0 Å². The van der Waals surface area contributed by atoms with Gasteiger partial charge < -0.3 is 14.7 Å². The molecule has 0 saturated heterocycles. The summed E-state index contributed by atoms with van der Waals surface area (Å²) in [5.74, 6) is 0.209. The molecule has 1 aliphatic heterocycles. The van der Waals surface area contributed by atoms with Gasteiger partial charge in [0.25, 0.3) is 0 Å². The van der Waals surface area contributed by atoms with Crippen molar-refractivity contribution < 1.29 is 23.1 Å². The number of rotatable bonds is 6. The summed E-state index contributed by atoms with van der Waals surface area (Å²) in [5.41, 5.74) is 1.63. The zero-order chi connectivity index (χ0) is 25.9. The molecule has 196 valence electrons. The zero-order valence-corrected chi connectivity index (χ0v) is 22.2. The first-order chi connectivity index (χ1) is 17.2. The van der Waals surface area contributed by atoms with E-state index in [1.807, 2.05) is 26.1 Å². The highest BCUT2D eigenvalue weighted by atomic mass is 32.2. The summed E-state index contributed by atoms with van der Waals surface area (Å²) in [4.78, 5) is 19.1. The molecule has 9 heteroatoms. The van der Waals surface area contributed by atoms with Crippen molar-refractivity contribution >= 4 is 15.9 Å². The number of carbonyl (C=O) groups is 1. The number of nitrogens with zero attached hydrogens (tertiary/aromatic N) is 3. The second-order valence-electron chi connectivity index (χ2n) is 10.2. The van der Waals surface area contributed by atoms with Crippen LogP contribution in [0.4, 0.5) is 0 Å². The van der Waals surface area contributed by atoms with E-state index in [0.29, 0.717) is 6.54 Å². The SMILES string of the molecule is C[C@@H]1CN([C@H](C)CO)S(=O)(=O)c2ccc(-c3cccnc3)cc2O[C@H]1CN(C)C(=O)C1CCCCC1. The Bertz CT molecular complexity index is 1150. The monoisotopic (exact) mass is 515 g/mol. The van der Waals surface area contributed by atoms with E-state index in [4.69, 9.17) is 4.74 Å². The van der Waals surface area contributed by atoms with E-state index in [-0.39, 0.29) is 41.5 Å². The van der Waals surface area contributed by atoms with Crippen molar-refractivity contribution in [2.45, 2.75) is 63.0 Å². The van der Waals surface area contributed by atoms with Crippen LogP contribution in [0.2, 0.25) is 0 Å². The normalized spacial score (nSPS) is 23.6. The molecule has 1 aliphatic carbocycles. The molecule has 0 spiro atoms. The van der Waals surface area contributed by atoms with Gasteiger partial charge in [0.1, 0.15) is 16.7 Å². The van der Waals surface area contributed by atoms with Crippen molar-refractivity contribution in [3.63, 3.8) is 0 Å². The van der Waals surface area contributed by atoms with Gasteiger partial charge in [-0.3, -0.25) is 9.78 Å².